The quantitative estimate of drug-likeness (QED) is 0.847. The number of carbonyl (C=O) groups excluding carboxylic acids is 1. The van der Waals surface area contributed by atoms with E-state index in [9.17, 15) is 4.79 Å². The molecule has 3 rings (SSSR count). The van der Waals surface area contributed by atoms with E-state index in [4.69, 9.17) is 4.52 Å². The largest absolute Gasteiger partial charge is 0.341 e. The molecule has 0 aliphatic carbocycles. The summed E-state index contributed by atoms with van der Waals surface area (Å²) in [5.74, 6) is 1.32. The van der Waals surface area contributed by atoms with Gasteiger partial charge in [-0.2, -0.15) is 10.1 Å². The molecule has 0 radical (unpaired) electrons. The first-order valence-corrected chi connectivity index (χ1v) is 8.38. The number of hydrogen-bond acceptors (Lipinski definition) is 6. The Balaban J connectivity index is 1.54. The van der Waals surface area contributed by atoms with Gasteiger partial charge in [-0.1, -0.05) is 25.9 Å². The smallest absolute Gasteiger partial charge is 0.227 e. The number of nitrogens with zero attached hydrogens (tertiary/aromatic N) is 6. The van der Waals surface area contributed by atoms with Crippen molar-refractivity contribution in [1.29, 1.82) is 0 Å². The molecule has 0 saturated carbocycles. The minimum absolute atomic E-state index is 0.121. The fourth-order valence-corrected chi connectivity index (χ4v) is 2.84. The van der Waals surface area contributed by atoms with Crippen molar-refractivity contribution in [3.63, 3.8) is 0 Å². The Morgan fingerprint density at radius 2 is 2.25 bits per heavy atom. The van der Waals surface area contributed by atoms with Crippen molar-refractivity contribution in [2.45, 2.75) is 57.9 Å². The van der Waals surface area contributed by atoms with Crippen LogP contribution >= 0.6 is 0 Å². The second kappa shape index (κ2) is 6.70. The number of piperidine rings is 1. The monoisotopic (exact) mass is 332 g/mol. The summed E-state index contributed by atoms with van der Waals surface area (Å²) in [5, 5.41) is 8.18. The molecule has 2 aromatic rings. The second-order valence-electron chi connectivity index (χ2n) is 7.27. The van der Waals surface area contributed by atoms with E-state index >= 15 is 0 Å². The Morgan fingerprint density at radius 3 is 2.92 bits per heavy atom. The van der Waals surface area contributed by atoms with Crippen LogP contribution in [0.25, 0.3) is 0 Å². The van der Waals surface area contributed by atoms with Gasteiger partial charge in [0.05, 0.1) is 6.04 Å². The van der Waals surface area contributed by atoms with Gasteiger partial charge < -0.3 is 9.42 Å². The summed E-state index contributed by atoms with van der Waals surface area (Å²) in [6.45, 7) is 7.57. The zero-order chi connectivity index (χ0) is 17.2. The molecule has 0 aromatic carbocycles. The first-order chi connectivity index (χ1) is 11.4. The van der Waals surface area contributed by atoms with E-state index in [-0.39, 0.29) is 17.4 Å². The third-order valence-electron chi connectivity index (χ3n) is 4.25. The average Bonchev–Trinajstić information content (AvgIpc) is 3.23. The zero-order valence-electron chi connectivity index (χ0n) is 14.5. The number of hydrogen-bond donors (Lipinski definition) is 0. The van der Waals surface area contributed by atoms with Crippen molar-refractivity contribution < 1.29 is 9.32 Å². The Hall–Kier alpha value is -2.25. The van der Waals surface area contributed by atoms with Crippen LogP contribution in [0.3, 0.4) is 0 Å². The number of likely N-dealkylation sites (tertiary alicyclic amines) is 1. The second-order valence-corrected chi connectivity index (χ2v) is 7.27. The van der Waals surface area contributed by atoms with Gasteiger partial charge in [0.2, 0.25) is 11.8 Å². The van der Waals surface area contributed by atoms with Crippen molar-refractivity contribution in [3.05, 3.63) is 24.4 Å². The molecule has 2 aromatic heterocycles. The molecule has 24 heavy (non-hydrogen) atoms. The molecule has 3 heterocycles. The van der Waals surface area contributed by atoms with Gasteiger partial charge in [-0.05, 0) is 12.8 Å². The third kappa shape index (κ3) is 3.80. The third-order valence-corrected chi connectivity index (χ3v) is 4.25. The molecule has 1 aliphatic rings. The standard InChI is InChI=1S/C16H24N6O2/c1-16(2,3)15-19-13(24-20-15)6-7-14(23)21-8-4-5-12(9-21)22-11-17-10-18-22/h10-12H,4-9H2,1-3H3/t12-/m0/s1. The highest BCUT2D eigenvalue weighted by atomic mass is 16.5. The van der Waals surface area contributed by atoms with Crippen molar-refractivity contribution in [2.75, 3.05) is 13.1 Å². The highest BCUT2D eigenvalue weighted by Crippen LogP contribution is 2.22. The normalized spacial score (nSPS) is 18.8. The van der Waals surface area contributed by atoms with Crippen molar-refractivity contribution in [2.24, 2.45) is 0 Å². The summed E-state index contributed by atoms with van der Waals surface area (Å²) in [7, 11) is 0. The number of aromatic nitrogens is 5. The Morgan fingerprint density at radius 1 is 1.42 bits per heavy atom. The molecule has 1 amide bonds. The summed E-state index contributed by atoms with van der Waals surface area (Å²) in [4.78, 5) is 22.8. The van der Waals surface area contributed by atoms with Crippen LogP contribution in [0.15, 0.2) is 17.2 Å². The van der Waals surface area contributed by atoms with Crippen molar-refractivity contribution in [1.82, 2.24) is 29.8 Å². The molecule has 0 N–H and O–H groups in total. The molecule has 8 nitrogen and oxygen atoms in total. The molecular formula is C16H24N6O2. The maximum absolute atomic E-state index is 12.5. The van der Waals surface area contributed by atoms with Crippen molar-refractivity contribution >= 4 is 5.91 Å². The molecule has 8 heteroatoms. The van der Waals surface area contributed by atoms with E-state index in [1.165, 1.54) is 6.33 Å². The molecule has 0 spiro atoms. The molecule has 0 unspecified atom stereocenters. The lowest BCUT2D eigenvalue weighted by atomic mass is 9.96. The first-order valence-electron chi connectivity index (χ1n) is 8.38. The maximum Gasteiger partial charge on any atom is 0.227 e. The minimum atomic E-state index is -0.149. The summed E-state index contributed by atoms with van der Waals surface area (Å²) in [6, 6.07) is 0.209. The van der Waals surface area contributed by atoms with Gasteiger partial charge in [0.1, 0.15) is 12.7 Å². The lowest BCUT2D eigenvalue weighted by Gasteiger charge is -2.32. The first kappa shape index (κ1) is 16.6. The zero-order valence-corrected chi connectivity index (χ0v) is 14.5. The van der Waals surface area contributed by atoms with E-state index in [1.54, 1.807) is 6.33 Å². The Labute approximate surface area is 141 Å². The van der Waals surface area contributed by atoms with Crippen LogP contribution in [0.1, 0.15) is 57.8 Å². The molecule has 0 bridgehead atoms. The molecule has 1 aliphatic heterocycles. The van der Waals surface area contributed by atoms with Crippen molar-refractivity contribution in [3.8, 4) is 0 Å². The maximum atomic E-state index is 12.5. The minimum Gasteiger partial charge on any atom is -0.341 e. The van der Waals surface area contributed by atoms with Crippen LogP contribution in [0, 0.1) is 0 Å². The number of aryl methyl sites for hydroxylation is 1. The summed E-state index contributed by atoms with van der Waals surface area (Å²) >= 11 is 0. The highest BCUT2D eigenvalue weighted by Gasteiger charge is 2.26. The Kier molecular flexibility index (Phi) is 4.64. The fraction of sp³-hybridized carbons (Fsp3) is 0.688. The van der Waals surface area contributed by atoms with Gasteiger partial charge in [-0.15, -0.1) is 0 Å². The SMILES string of the molecule is CC(C)(C)c1noc(CCC(=O)N2CCC[C@H](n3cncn3)C2)n1. The number of rotatable bonds is 4. The van der Waals surface area contributed by atoms with E-state index in [1.807, 2.05) is 30.4 Å². The summed E-state index contributed by atoms with van der Waals surface area (Å²) in [6.07, 6.45) is 6.10. The number of carbonyl (C=O) groups is 1. The molecule has 1 fully saturated rings. The van der Waals surface area contributed by atoms with Crippen LogP contribution in [0.2, 0.25) is 0 Å². The average molecular weight is 332 g/mol. The van der Waals surface area contributed by atoms with E-state index in [0.29, 0.717) is 31.1 Å². The Bertz CT molecular complexity index is 673. The predicted molar refractivity (Wildman–Crippen MR) is 86.2 cm³/mol. The van der Waals surface area contributed by atoms with Crippen LogP contribution in [-0.4, -0.2) is 48.8 Å². The van der Waals surface area contributed by atoms with Crippen LogP contribution in [-0.2, 0) is 16.6 Å². The summed E-state index contributed by atoms with van der Waals surface area (Å²) in [5.41, 5.74) is -0.149. The van der Waals surface area contributed by atoms with Gasteiger partial charge in [0.25, 0.3) is 0 Å². The van der Waals surface area contributed by atoms with E-state index < -0.39 is 0 Å². The van der Waals surface area contributed by atoms with Gasteiger partial charge in [0, 0.05) is 31.3 Å². The van der Waals surface area contributed by atoms with Crippen LogP contribution < -0.4 is 0 Å². The van der Waals surface area contributed by atoms with Crippen LogP contribution in [0.4, 0.5) is 0 Å². The lowest BCUT2D eigenvalue weighted by molar-refractivity contribution is -0.133. The highest BCUT2D eigenvalue weighted by molar-refractivity contribution is 5.76. The molecule has 1 saturated heterocycles. The topological polar surface area (TPSA) is 89.9 Å². The van der Waals surface area contributed by atoms with Gasteiger partial charge >= 0.3 is 0 Å². The molecule has 130 valence electrons. The fourth-order valence-electron chi connectivity index (χ4n) is 2.84. The van der Waals surface area contributed by atoms with E-state index in [0.717, 1.165) is 19.4 Å². The van der Waals surface area contributed by atoms with E-state index in [2.05, 4.69) is 20.2 Å². The number of amides is 1. The molecular weight excluding hydrogens is 308 g/mol. The summed E-state index contributed by atoms with van der Waals surface area (Å²) < 4.78 is 7.10. The van der Waals surface area contributed by atoms with Crippen LogP contribution in [0.5, 0.6) is 0 Å². The lowest BCUT2D eigenvalue weighted by Crippen LogP contribution is -2.41. The molecule has 1 atom stereocenters. The van der Waals surface area contributed by atoms with Gasteiger partial charge in [0.15, 0.2) is 5.82 Å². The van der Waals surface area contributed by atoms with Gasteiger partial charge in [-0.3, -0.25) is 4.79 Å². The predicted octanol–water partition coefficient (Wildman–Crippen LogP) is 1.75. The van der Waals surface area contributed by atoms with Gasteiger partial charge in [-0.25, -0.2) is 9.67 Å².